The predicted molar refractivity (Wildman–Crippen MR) is 94.1 cm³/mol. The van der Waals surface area contributed by atoms with Crippen molar-refractivity contribution in [3.8, 4) is 0 Å². The molecule has 1 amide bonds. The van der Waals surface area contributed by atoms with Gasteiger partial charge in [-0.3, -0.25) is 4.79 Å². The van der Waals surface area contributed by atoms with Crippen molar-refractivity contribution in [1.29, 1.82) is 0 Å². The summed E-state index contributed by atoms with van der Waals surface area (Å²) in [6.07, 6.45) is 1.15. The summed E-state index contributed by atoms with van der Waals surface area (Å²) in [5, 5.41) is 0. The highest BCUT2D eigenvalue weighted by atomic mass is 35.5. The number of anilines is 1. The number of amides is 1. The van der Waals surface area contributed by atoms with Crippen LogP contribution in [0.25, 0.3) is 0 Å². The number of para-hydroxylation sites is 1. The third kappa shape index (κ3) is 4.50. The molecular formula is C18H23ClN2O. The van der Waals surface area contributed by atoms with Crippen LogP contribution in [0.5, 0.6) is 0 Å². The molecule has 3 nitrogen and oxygen atoms in total. The maximum Gasteiger partial charge on any atom is 0.223 e. The molecule has 2 aromatic rings. The molecular weight excluding hydrogens is 296 g/mol. The van der Waals surface area contributed by atoms with E-state index in [1.54, 1.807) is 4.90 Å². The van der Waals surface area contributed by atoms with Crippen molar-refractivity contribution in [3.63, 3.8) is 0 Å². The fourth-order valence-corrected chi connectivity index (χ4v) is 2.35. The number of carbonyl (C=O) groups excluding carboxylic acids is 1. The van der Waals surface area contributed by atoms with Crippen LogP contribution in [-0.2, 0) is 11.2 Å². The molecule has 2 N–H and O–H groups in total. The summed E-state index contributed by atoms with van der Waals surface area (Å²) in [7, 11) is 1.86. The van der Waals surface area contributed by atoms with Gasteiger partial charge in [-0.15, -0.1) is 12.4 Å². The molecule has 22 heavy (non-hydrogen) atoms. The summed E-state index contributed by atoms with van der Waals surface area (Å²) in [4.78, 5) is 14.1. The standard InChI is InChI=1S/C18H22N2O.ClH/c1-14(15-8-4-3-5-9-15)20(2)18(21)13-12-16-10-6-7-11-17(16)19;/h3-11,14H,12-13,19H2,1-2H3;1H. The Bertz CT molecular complexity index is 601. The Morgan fingerprint density at radius 2 is 1.68 bits per heavy atom. The molecule has 0 aliphatic rings. The average Bonchev–Trinajstić information content (AvgIpc) is 2.53. The van der Waals surface area contributed by atoms with Gasteiger partial charge in [0.25, 0.3) is 0 Å². The van der Waals surface area contributed by atoms with Gasteiger partial charge in [-0.05, 0) is 30.5 Å². The number of nitrogen functional groups attached to an aromatic ring is 1. The average molecular weight is 319 g/mol. The van der Waals surface area contributed by atoms with E-state index in [9.17, 15) is 4.79 Å². The molecule has 0 heterocycles. The largest absolute Gasteiger partial charge is 0.399 e. The van der Waals surface area contributed by atoms with Crippen LogP contribution < -0.4 is 5.73 Å². The van der Waals surface area contributed by atoms with E-state index in [4.69, 9.17) is 5.73 Å². The molecule has 0 aliphatic heterocycles. The molecule has 0 radical (unpaired) electrons. The van der Waals surface area contributed by atoms with Gasteiger partial charge in [-0.25, -0.2) is 0 Å². The third-order valence-electron chi connectivity index (χ3n) is 3.92. The van der Waals surface area contributed by atoms with Crippen LogP contribution in [0, 0.1) is 0 Å². The first kappa shape index (κ1) is 18.1. The number of aryl methyl sites for hydroxylation is 1. The molecule has 2 aromatic carbocycles. The molecule has 0 spiro atoms. The van der Waals surface area contributed by atoms with E-state index in [0.29, 0.717) is 12.8 Å². The highest BCUT2D eigenvalue weighted by molar-refractivity contribution is 5.85. The zero-order valence-corrected chi connectivity index (χ0v) is 13.8. The Hall–Kier alpha value is -2.00. The molecule has 0 fully saturated rings. The lowest BCUT2D eigenvalue weighted by Gasteiger charge is -2.25. The normalized spacial score (nSPS) is 11.4. The Kier molecular flexibility index (Phi) is 6.93. The van der Waals surface area contributed by atoms with Crippen molar-refractivity contribution in [2.24, 2.45) is 0 Å². The molecule has 0 bridgehead atoms. The minimum Gasteiger partial charge on any atom is -0.399 e. The lowest BCUT2D eigenvalue weighted by Crippen LogP contribution is -2.29. The van der Waals surface area contributed by atoms with E-state index in [-0.39, 0.29) is 24.4 Å². The molecule has 0 aromatic heterocycles. The summed E-state index contributed by atoms with van der Waals surface area (Å²) in [5.41, 5.74) is 8.84. The minimum atomic E-state index is 0. The topological polar surface area (TPSA) is 46.3 Å². The number of halogens is 1. The first-order chi connectivity index (χ1) is 10.1. The van der Waals surface area contributed by atoms with Crippen molar-refractivity contribution in [2.75, 3.05) is 12.8 Å². The second kappa shape index (κ2) is 8.44. The van der Waals surface area contributed by atoms with Crippen molar-refractivity contribution < 1.29 is 4.79 Å². The third-order valence-corrected chi connectivity index (χ3v) is 3.92. The number of benzene rings is 2. The van der Waals surface area contributed by atoms with Gasteiger partial charge < -0.3 is 10.6 Å². The molecule has 1 atom stereocenters. The van der Waals surface area contributed by atoms with Gasteiger partial charge in [0.2, 0.25) is 5.91 Å². The molecule has 2 rings (SSSR count). The fourth-order valence-electron chi connectivity index (χ4n) is 2.35. The van der Waals surface area contributed by atoms with Gasteiger partial charge >= 0.3 is 0 Å². The van der Waals surface area contributed by atoms with Crippen molar-refractivity contribution in [3.05, 3.63) is 65.7 Å². The summed E-state index contributed by atoms with van der Waals surface area (Å²) in [6, 6.07) is 17.8. The van der Waals surface area contributed by atoms with Gasteiger partial charge in [0.05, 0.1) is 6.04 Å². The van der Waals surface area contributed by atoms with Crippen LogP contribution in [0.15, 0.2) is 54.6 Å². The molecule has 0 saturated heterocycles. The summed E-state index contributed by atoms with van der Waals surface area (Å²) in [5.74, 6) is 0.134. The summed E-state index contributed by atoms with van der Waals surface area (Å²) >= 11 is 0. The van der Waals surface area contributed by atoms with Crippen LogP contribution in [-0.4, -0.2) is 17.9 Å². The smallest absolute Gasteiger partial charge is 0.223 e. The van der Waals surface area contributed by atoms with Crippen molar-refractivity contribution >= 4 is 24.0 Å². The second-order valence-corrected chi connectivity index (χ2v) is 5.29. The highest BCUT2D eigenvalue weighted by Gasteiger charge is 2.17. The monoisotopic (exact) mass is 318 g/mol. The van der Waals surface area contributed by atoms with Gasteiger partial charge in [-0.2, -0.15) is 0 Å². The van der Waals surface area contributed by atoms with Crippen molar-refractivity contribution in [1.82, 2.24) is 4.90 Å². The molecule has 118 valence electrons. The lowest BCUT2D eigenvalue weighted by molar-refractivity contribution is -0.131. The van der Waals surface area contributed by atoms with Crippen LogP contribution >= 0.6 is 12.4 Å². The van der Waals surface area contributed by atoms with Crippen molar-refractivity contribution in [2.45, 2.75) is 25.8 Å². The van der Waals surface area contributed by atoms with Gasteiger partial charge in [0, 0.05) is 19.2 Å². The summed E-state index contributed by atoms with van der Waals surface area (Å²) in [6.45, 7) is 2.05. The molecule has 1 unspecified atom stereocenters. The predicted octanol–water partition coefficient (Wildman–Crippen LogP) is 3.84. The summed E-state index contributed by atoms with van der Waals surface area (Å²) < 4.78 is 0. The van der Waals surface area contributed by atoms with E-state index >= 15 is 0 Å². The van der Waals surface area contributed by atoms with Gasteiger partial charge in [0.1, 0.15) is 0 Å². The number of hydrogen-bond donors (Lipinski definition) is 1. The first-order valence-corrected chi connectivity index (χ1v) is 7.23. The number of nitrogens with zero attached hydrogens (tertiary/aromatic N) is 1. The van der Waals surface area contributed by atoms with Crippen LogP contribution in [0.3, 0.4) is 0 Å². The molecule has 0 aliphatic carbocycles. The molecule has 4 heteroatoms. The zero-order valence-electron chi connectivity index (χ0n) is 13.0. The quantitative estimate of drug-likeness (QED) is 0.851. The number of hydrogen-bond acceptors (Lipinski definition) is 2. The molecule has 0 saturated carbocycles. The van der Waals surface area contributed by atoms with E-state index in [0.717, 1.165) is 16.8 Å². The number of rotatable bonds is 5. The SMILES string of the molecule is CC(c1ccccc1)N(C)C(=O)CCc1ccccc1N.Cl. The highest BCUT2D eigenvalue weighted by Crippen LogP contribution is 2.20. The Morgan fingerprint density at radius 1 is 1.09 bits per heavy atom. The van der Waals surface area contributed by atoms with E-state index in [2.05, 4.69) is 0 Å². The van der Waals surface area contributed by atoms with E-state index < -0.39 is 0 Å². The minimum absolute atomic E-state index is 0. The number of nitrogens with two attached hydrogens (primary N) is 1. The Morgan fingerprint density at radius 3 is 2.32 bits per heavy atom. The maximum atomic E-state index is 12.3. The Balaban J connectivity index is 0.00000242. The van der Waals surface area contributed by atoms with E-state index in [1.165, 1.54) is 0 Å². The van der Waals surface area contributed by atoms with Crippen LogP contribution in [0.2, 0.25) is 0 Å². The van der Waals surface area contributed by atoms with Crippen LogP contribution in [0.4, 0.5) is 5.69 Å². The zero-order chi connectivity index (χ0) is 15.2. The van der Waals surface area contributed by atoms with E-state index in [1.807, 2.05) is 68.6 Å². The lowest BCUT2D eigenvalue weighted by atomic mass is 10.0. The van der Waals surface area contributed by atoms with Gasteiger partial charge in [0.15, 0.2) is 0 Å². The first-order valence-electron chi connectivity index (χ1n) is 7.23. The maximum absolute atomic E-state index is 12.3. The number of carbonyl (C=O) groups is 1. The Labute approximate surface area is 138 Å². The second-order valence-electron chi connectivity index (χ2n) is 5.29. The fraction of sp³-hybridized carbons (Fsp3) is 0.278. The van der Waals surface area contributed by atoms with Crippen LogP contribution in [0.1, 0.15) is 30.5 Å². The van der Waals surface area contributed by atoms with Gasteiger partial charge in [-0.1, -0.05) is 48.5 Å².